The van der Waals surface area contributed by atoms with E-state index in [9.17, 15) is 13.6 Å². The molecule has 0 spiro atoms. The summed E-state index contributed by atoms with van der Waals surface area (Å²) in [6.45, 7) is 0. The second-order valence-electron chi connectivity index (χ2n) is 3.34. The molecular formula is C12H13F2NO3. The number of halogens is 2. The standard InChI is InChI=1S/C12H13F2NO3/c1-15(18-3)10(16)7-5-8-4-6-9(17-2)12(14)11(8)13/h4-7H,1-3H3. The number of benzene rings is 1. The smallest absolute Gasteiger partial charge is 0.269 e. The third kappa shape index (κ3) is 3.04. The molecule has 1 aromatic carbocycles. The first-order chi connectivity index (χ1) is 8.51. The molecule has 0 atom stereocenters. The summed E-state index contributed by atoms with van der Waals surface area (Å²) in [7, 11) is 3.96. The maximum absolute atomic E-state index is 13.5. The van der Waals surface area contributed by atoms with E-state index in [2.05, 4.69) is 9.57 Å². The molecule has 4 nitrogen and oxygen atoms in total. The van der Waals surface area contributed by atoms with Gasteiger partial charge in [-0.1, -0.05) is 0 Å². The third-order valence-corrected chi connectivity index (χ3v) is 2.29. The van der Waals surface area contributed by atoms with Crippen LogP contribution in [0.25, 0.3) is 6.08 Å². The first-order valence-electron chi connectivity index (χ1n) is 5.03. The fourth-order valence-electron chi connectivity index (χ4n) is 1.19. The van der Waals surface area contributed by atoms with E-state index in [0.717, 1.165) is 17.2 Å². The molecule has 0 unspecified atom stereocenters. The maximum Gasteiger partial charge on any atom is 0.269 e. The molecular weight excluding hydrogens is 244 g/mol. The lowest BCUT2D eigenvalue weighted by molar-refractivity contribution is -0.162. The molecule has 1 aromatic rings. The van der Waals surface area contributed by atoms with E-state index >= 15 is 0 Å². The average Bonchev–Trinajstić information content (AvgIpc) is 2.39. The van der Waals surface area contributed by atoms with Gasteiger partial charge in [0.2, 0.25) is 5.82 Å². The molecule has 98 valence electrons. The van der Waals surface area contributed by atoms with Crippen LogP contribution in [0.3, 0.4) is 0 Å². The van der Waals surface area contributed by atoms with Gasteiger partial charge in [0.15, 0.2) is 11.6 Å². The molecule has 0 saturated carbocycles. The Kier molecular flexibility index (Phi) is 4.79. The first-order valence-corrected chi connectivity index (χ1v) is 5.03. The van der Waals surface area contributed by atoms with Crippen molar-refractivity contribution >= 4 is 12.0 Å². The zero-order valence-corrected chi connectivity index (χ0v) is 10.2. The van der Waals surface area contributed by atoms with Crippen LogP contribution < -0.4 is 4.74 Å². The average molecular weight is 257 g/mol. The van der Waals surface area contributed by atoms with Crippen LogP contribution in [0.5, 0.6) is 5.75 Å². The number of ether oxygens (including phenoxy) is 1. The number of carbonyl (C=O) groups excluding carboxylic acids is 1. The minimum atomic E-state index is -1.09. The number of hydrogen-bond donors (Lipinski definition) is 0. The lowest BCUT2D eigenvalue weighted by Crippen LogP contribution is -2.22. The van der Waals surface area contributed by atoms with Crippen molar-refractivity contribution in [2.75, 3.05) is 21.3 Å². The Balaban J connectivity index is 2.96. The molecule has 0 saturated heterocycles. The number of hydrogen-bond acceptors (Lipinski definition) is 3. The van der Waals surface area contributed by atoms with Crippen molar-refractivity contribution in [2.24, 2.45) is 0 Å². The van der Waals surface area contributed by atoms with Crippen LogP contribution in [0.2, 0.25) is 0 Å². The molecule has 0 heterocycles. The monoisotopic (exact) mass is 257 g/mol. The summed E-state index contributed by atoms with van der Waals surface area (Å²) in [6.07, 6.45) is 2.24. The number of nitrogens with zero attached hydrogens (tertiary/aromatic N) is 1. The quantitative estimate of drug-likeness (QED) is 0.611. The molecule has 1 amide bonds. The highest BCUT2D eigenvalue weighted by Gasteiger charge is 2.12. The summed E-state index contributed by atoms with van der Waals surface area (Å²) < 4.78 is 31.5. The van der Waals surface area contributed by atoms with Crippen molar-refractivity contribution in [3.63, 3.8) is 0 Å². The summed E-state index contributed by atoms with van der Waals surface area (Å²) in [6, 6.07) is 2.59. The van der Waals surface area contributed by atoms with Gasteiger partial charge in [-0.05, 0) is 18.2 Å². The molecule has 0 bridgehead atoms. The minimum absolute atomic E-state index is 0.0499. The zero-order valence-electron chi connectivity index (χ0n) is 10.2. The van der Waals surface area contributed by atoms with Crippen molar-refractivity contribution in [2.45, 2.75) is 0 Å². The maximum atomic E-state index is 13.5. The lowest BCUT2D eigenvalue weighted by Gasteiger charge is -2.10. The lowest BCUT2D eigenvalue weighted by atomic mass is 10.1. The summed E-state index contributed by atoms with van der Waals surface area (Å²) in [5.74, 6) is -2.84. The molecule has 0 aliphatic carbocycles. The number of hydroxylamine groups is 2. The molecule has 1 rings (SSSR count). The van der Waals surface area contributed by atoms with E-state index in [4.69, 9.17) is 0 Å². The third-order valence-electron chi connectivity index (χ3n) is 2.29. The molecule has 0 aliphatic rings. The Labute approximate surface area is 103 Å². The molecule has 18 heavy (non-hydrogen) atoms. The van der Waals surface area contributed by atoms with Gasteiger partial charge < -0.3 is 4.74 Å². The molecule has 0 radical (unpaired) electrons. The predicted molar refractivity (Wildman–Crippen MR) is 61.7 cm³/mol. The van der Waals surface area contributed by atoms with Crippen molar-refractivity contribution in [1.29, 1.82) is 0 Å². The van der Waals surface area contributed by atoms with Crippen LogP contribution in [-0.2, 0) is 9.63 Å². The molecule has 6 heteroatoms. The summed E-state index contributed by atoms with van der Waals surface area (Å²) >= 11 is 0. The van der Waals surface area contributed by atoms with Crippen molar-refractivity contribution < 1.29 is 23.1 Å². The van der Waals surface area contributed by atoms with Gasteiger partial charge in [0.1, 0.15) is 0 Å². The van der Waals surface area contributed by atoms with Crippen molar-refractivity contribution in [3.05, 3.63) is 35.4 Å². The van der Waals surface area contributed by atoms with Crippen LogP contribution in [0.4, 0.5) is 8.78 Å². The van der Waals surface area contributed by atoms with Gasteiger partial charge >= 0.3 is 0 Å². The Morgan fingerprint density at radius 3 is 2.50 bits per heavy atom. The zero-order chi connectivity index (χ0) is 13.7. The van der Waals surface area contributed by atoms with Crippen LogP contribution in [0, 0.1) is 11.6 Å². The number of likely N-dealkylation sites (N-methyl/N-ethyl adjacent to an activating group) is 1. The van der Waals surface area contributed by atoms with Crippen molar-refractivity contribution in [3.8, 4) is 5.75 Å². The Morgan fingerprint density at radius 1 is 1.28 bits per heavy atom. The molecule has 0 fully saturated rings. The second kappa shape index (κ2) is 6.11. The van der Waals surface area contributed by atoms with E-state index < -0.39 is 17.5 Å². The van der Waals surface area contributed by atoms with E-state index in [1.807, 2.05) is 0 Å². The Bertz CT molecular complexity index is 475. The van der Waals surface area contributed by atoms with E-state index in [1.165, 1.54) is 33.4 Å². The highest BCUT2D eigenvalue weighted by Crippen LogP contribution is 2.23. The van der Waals surface area contributed by atoms with Crippen LogP contribution in [0.1, 0.15) is 5.56 Å². The van der Waals surface area contributed by atoms with E-state index in [1.54, 1.807) is 0 Å². The summed E-state index contributed by atoms with van der Waals surface area (Å²) in [4.78, 5) is 16.0. The van der Waals surface area contributed by atoms with Crippen LogP contribution >= 0.6 is 0 Å². The number of rotatable bonds is 4. The molecule has 0 aliphatic heterocycles. The fraction of sp³-hybridized carbons (Fsp3) is 0.250. The Hall–Kier alpha value is -1.95. The van der Waals surface area contributed by atoms with Crippen LogP contribution in [0.15, 0.2) is 18.2 Å². The van der Waals surface area contributed by atoms with Gasteiger partial charge in [0.25, 0.3) is 5.91 Å². The minimum Gasteiger partial charge on any atom is -0.494 e. The van der Waals surface area contributed by atoms with Gasteiger partial charge in [-0.3, -0.25) is 9.63 Å². The molecule has 0 aromatic heterocycles. The summed E-state index contributed by atoms with van der Waals surface area (Å²) in [5, 5.41) is 0.953. The SMILES string of the molecule is COc1ccc(C=CC(=O)N(C)OC)c(F)c1F. The number of carbonyl (C=O) groups is 1. The van der Waals surface area contributed by atoms with E-state index in [0.29, 0.717) is 0 Å². The first kappa shape index (κ1) is 14.1. The second-order valence-corrected chi connectivity index (χ2v) is 3.34. The van der Waals surface area contributed by atoms with E-state index in [-0.39, 0.29) is 11.3 Å². The van der Waals surface area contributed by atoms with Crippen LogP contribution in [-0.4, -0.2) is 32.2 Å². The number of amides is 1. The van der Waals surface area contributed by atoms with Gasteiger partial charge in [0.05, 0.1) is 14.2 Å². The van der Waals surface area contributed by atoms with Crippen molar-refractivity contribution in [1.82, 2.24) is 5.06 Å². The normalized spacial score (nSPS) is 10.7. The molecule has 0 N–H and O–H groups in total. The fourth-order valence-corrected chi connectivity index (χ4v) is 1.19. The highest BCUT2D eigenvalue weighted by atomic mass is 19.2. The van der Waals surface area contributed by atoms with Gasteiger partial charge in [0, 0.05) is 18.7 Å². The topological polar surface area (TPSA) is 38.8 Å². The predicted octanol–water partition coefficient (Wildman–Crippen LogP) is 2.01. The highest BCUT2D eigenvalue weighted by molar-refractivity contribution is 5.90. The largest absolute Gasteiger partial charge is 0.494 e. The van der Waals surface area contributed by atoms with Gasteiger partial charge in [-0.2, -0.15) is 4.39 Å². The Morgan fingerprint density at radius 2 is 1.94 bits per heavy atom. The van der Waals surface area contributed by atoms with Gasteiger partial charge in [-0.25, -0.2) is 9.45 Å². The number of methoxy groups -OCH3 is 1. The van der Waals surface area contributed by atoms with Gasteiger partial charge in [-0.15, -0.1) is 0 Å². The summed E-state index contributed by atoms with van der Waals surface area (Å²) in [5.41, 5.74) is -0.0499.